The second-order valence-electron chi connectivity index (χ2n) is 6.33. The molecule has 7 heteroatoms. The van der Waals surface area contributed by atoms with Gasteiger partial charge in [-0.25, -0.2) is 14.4 Å². The Labute approximate surface area is 161 Å². The Balaban J connectivity index is 2.21. The van der Waals surface area contributed by atoms with Crippen LogP contribution in [0.2, 0.25) is 0 Å². The van der Waals surface area contributed by atoms with E-state index in [4.69, 9.17) is 9.47 Å². The van der Waals surface area contributed by atoms with E-state index in [2.05, 4.69) is 0 Å². The van der Waals surface area contributed by atoms with Gasteiger partial charge in [-0.2, -0.15) is 0 Å². The number of carbonyl (C=O) groups is 4. The van der Waals surface area contributed by atoms with Crippen LogP contribution in [0, 0.1) is 13.8 Å². The molecule has 0 fully saturated rings. The average molecular weight is 384 g/mol. The number of benzene rings is 2. The van der Waals surface area contributed by atoms with Crippen molar-refractivity contribution >= 4 is 23.7 Å². The Kier molecular flexibility index (Phi) is 6.65. The van der Waals surface area contributed by atoms with Gasteiger partial charge in [-0.3, -0.25) is 4.79 Å². The Morgan fingerprint density at radius 3 is 1.39 bits per heavy atom. The molecule has 0 radical (unpaired) electrons. The van der Waals surface area contributed by atoms with E-state index in [1.54, 1.807) is 24.3 Å². The highest BCUT2D eigenvalue weighted by Crippen LogP contribution is 2.14. The van der Waals surface area contributed by atoms with Crippen LogP contribution in [-0.2, 0) is 19.1 Å². The fraction of sp³-hybridized carbons (Fsp3) is 0.238. The van der Waals surface area contributed by atoms with Gasteiger partial charge in [-0.15, -0.1) is 0 Å². The minimum atomic E-state index is -1.97. The monoisotopic (exact) mass is 384 g/mol. The van der Waals surface area contributed by atoms with Crippen LogP contribution in [-0.4, -0.2) is 41.0 Å². The van der Waals surface area contributed by atoms with E-state index >= 15 is 0 Å². The first-order chi connectivity index (χ1) is 13.2. The maximum Gasteiger partial charge on any atom is 0.349 e. The van der Waals surface area contributed by atoms with Gasteiger partial charge in [0.1, 0.15) is 0 Å². The van der Waals surface area contributed by atoms with Gasteiger partial charge in [-0.1, -0.05) is 35.4 Å². The molecule has 28 heavy (non-hydrogen) atoms. The quantitative estimate of drug-likeness (QED) is 0.731. The van der Waals surface area contributed by atoms with Crippen molar-refractivity contribution in [2.45, 2.75) is 33.0 Å². The molecule has 2 atom stereocenters. The highest BCUT2D eigenvalue weighted by Gasteiger charge is 2.38. The van der Waals surface area contributed by atoms with Crippen LogP contribution in [0.25, 0.3) is 0 Å². The molecule has 0 amide bonds. The standard InChI is InChI=1S/C21H20O7/c1-12-4-8-15(9-5-12)20(25)27-17(14(3)22)18(19(23)24)28-21(26)16-10-6-13(2)7-11-16/h4-11,17-18H,1-3H3,(H,23,24). The van der Waals surface area contributed by atoms with E-state index in [0.717, 1.165) is 18.1 Å². The van der Waals surface area contributed by atoms with Crippen molar-refractivity contribution in [1.29, 1.82) is 0 Å². The Hall–Kier alpha value is -3.48. The molecular formula is C21H20O7. The second kappa shape index (κ2) is 8.94. The van der Waals surface area contributed by atoms with Crippen LogP contribution in [0.4, 0.5) is 0 Å². The molecule has 0 spiro atoms. The number of carboxylic acids is 1. The lowest BCUT2D eigenvalue weighted by molar-refractivity contribution is -0.158. The zero-order chi connectivity index (χ0) is 20.8. The van der Waals surface area contributed by atoms with Gasteiger partial charge in [0.05, 0.1) is 11.1 Å². The van der Waals surface area contributed by atoms with Crippen LogP contribution in [0.5, 0.6) is 0 Å². The van der Waals surface area contributed by atoms with Crippen molar-refractivity contribution in [3.63, 3.8) is 0 Å². The number of rotatable bonds is 7. The van der Waals surface area contributed by atoms with Crippen LogP contribution in [0.3, 0.4) is 0 Å². The van der Waals surface area contributed by atoms with E-state index in [0.29, 0.717) is 0 Å². The Bertz CT molecular complexity index is 806. The minimum absolute atomic E-state index is 0.115. The molecule has 0 bridgehead atoms. The van der Waals surface area contributed by atoms with Gasteiger partial charge in [0.25, 0.3) is 0 Å². The van der Waals surface area contributed by atoms with Crippen molar-refractivity contribution in [3.8, 4) is 0 Å². The van der Waals surface area contributed by atoms with Crippen LogP contribution in [0.1, 0.15) is 38.8 Å². The number of hydrogen-bond donors (Lipinski definition) is 1. The van der Waals surface area contributed by atoms with E-state index in [-0.39, 0.29) is 11.1 Å². The predicted molar refractivity (Wildman–Crippen MR) is 99.1 cm³/mol. The molecule has 0 aliphatic heterocycles. The number of aliphatic carboxylic acids is 1. The highest BCUT2D eigenvalue weighted by atomic mass is 16.6. The Morgan fingerprint density at radius 1 is 0.714 bits per heavy atom. The minimum Gasteiger partial charge on any atom is -0.478 e. The summed E-state index contributed by atoms with van der Waals surface area (Å²) < 4.78 is 10.1. The molecule has 0 saturated carbocycles. The summed E-state index contributed by atoms with van der Waals surface area (Å²) in [6, 6.07) is 12.6. The number of carboxylic acid groups (broad SMARTS) is 1. The van der Waals surface area contributed by atoms with Crippen molar-refractivity contribution in [1.82, 2.24) is 0 Å². The molecule has 1 N–H and O–H groups in total. The van der Waals surface area contributed by atoms with Crippen molar-refractivity contribution in [3.05, 3.63) is 70.8 Å². The summed E-state index contributed by atoms with van der Waals surface area (Å²) in [4.78, 5) is 48.1. The zero-order valence-corrected chi connectivity index (χ0v) is 15.7. The largest absolute Gasteiger partial charge is 0.478 e. The molecule has 2 unspecified atom stereocenters. The van der Waals surface area contributed by atoms with E-state index in [1.807, 2.05) is 13.8 Å². The van der Waals surface area contributed by atoms with Crippen molar-refractivity contribution in [2.24, 2.45) is 0 Å². The van der Waals surface area contributed by atoms with Gasteiger partial charge < -0.3 is 14.6 Å². The molecule has 2 rings (SSSR count). The van der Waals surface area contributed by atoms with Crippen LogP contribution in [0.15, 0.2) is 48.5 Å². The number of Topliss-reactive ketones (excluding diaryl/α,β-unsaturated/α-hetero) is 1. The maximum absolute atomic E-state index is 12.3. The van der Waals surface area contributed by atoms with Crippen molar-refractivity contribution < 1.29 is 33.8 Å². The van der Waals surface area contributed by atoms with E-state index < -0.39 is 35.9 Å². The van der Waals surface area contributed by atoms with Crippen molar-refractivity contribution in [2.75, 3.05) is 0 Å². The van der Waals surface area contributed by atoms with Gasteiger partial charge in [0.15, 0.2) is 5.78 Å². The summed E-state index contributed by atoms with van der Waals surface area (Å²) in [5.41, 5.74) is 2.07. The van der Waals surface area contributed by atoms with Gasteiger partial charge in [-0.05, 0) is 45.0 Å². The normalized spacial score (nSPS) is 12.5. The number of ketones is 1. The third-order valence-electron chi connectivity index (χ3n) is 3.96. The van der Waals surface area contributed by atoms with Gasteiger partial charge >= 0.3 is 17.9 Å². The van der Waals surface area contributed by atoms with Crippen LogP contribution < -0.4 is 0 Å². The molecule has 0 saturated heterocycles. The average Bonchev–Trinajstić information content (AvgIpc) is 2.64. The third-order valence-corrected chi connectivity index (χ3v) is 3.96. The molecule has 0 aliphatic carbocycles. The van der Waals surface area contributed by atoms with E-state index in [1.165, 1.54) is 24.3 Å². The number of ether oxygens (including phenoxy) is 2. The summed E-state index contributed by atoms with van der Waals surface area (Å²) in [5.74, 6) is -4.19. The smallest absolute Gasteiger partial charge is 0.349 e. The molecule has 2 aromatic carbocycles. The summed E-state index contributed by atoms with van der Waals surface area (Å²) in [6.45, 7) is 4.71. The number of carbonyl (C=O) groups excluding carboxylic acids is 3. The van der Waals surface area contributed by atoms with E-state index in [9.17, 15) is 24.3 Å². The maximum atomic E-state index is 12.3. The summed E-state index contributed by atoms with van der Waals surface area (Å²) in [6.07, 6.45) is -3.75. The molecule has 2 aromatic rings. The predicted octanol–water partition coefficient (Wildman–Crippen LogP) is 2.73. The lowest BCUT2D eigenvalue weighted by atomic mass is 10.1. The molecular weight excluding hydrogens is 364 g/mol. The summed E-state index contributed by atoms with van der Waals surface area (Å²) >= 11 is 0. The number of aryl methyl sites for hydroxylation is 2. The molecule has 0 aromatic heterocycles. The lowest BCUT2D eigenvalue weighted by Gasteiger charge is -2.22. The first kappa shape index (κ1) is 20.8. The molecule has 146 valence electrons. The SMILES string of the molecule is CC(=O)C(OC(=O)c1ccc(C)cc1)C(OC(=O)c1ccc(C)cc1)C(=O)O. The molecule has 7 nitrogen and oxygen atoms in total. The second-order valence-corrected chi connectivity index (χ2v) is 6.33. The molecule has 0 aliphatic rings. The Morgan fingerprint density at radius 2 is 1.07 bits per heavy atom. The highest BCUT2D eigenvalue weighted by molar-refractivity contribution is 5.96. The van der Waals surface area contributed by atoms with Crippen LogP contribution >= 0.6 is 0 Å². The van der Waals surface area contributed by atoms with Gasteiger partial charge in [0, 0.05) is 0 Å². The topological polar surface area (TPSA) is 107 Å². The van der Waals surface area contributed by atoms with Gasteiger partial charge in [0.2, 0.25) is 12.2 Å². The fourth-order valence-corrected chi connectivity index (χ4v) is 2.35. The summed E-state index contributed by atoms with van der Waals surface area (Å²) in [5, 5.41) is 9.43. The fourth-order valence-electron chi connectivity index (χ4n) is 2.35. The number of esters is 2. The number of hydrogen-bond acceptors (Lipinski definition) is 6. The first-order valence-corrected chi connectivity index (χ1v) is 8.47. The zero-order valence-electron chi connectivity index (χ0n) is 15.7. The third kappa shape index (κ3) is 5.26. The molecule has 0 heterocycles. The first-order valence-electron chi connectivity index (χ1n) is 8.47. The summed E-state index contributed by atoms with van der Waals surface area (Å²) in [7, 11) is 0. The lowest BCUT2D eigenvalue weighted by Crippen LogP contribution is -2.45.